The summed E-state index contributed by atoms with van der Waals surface area (Å²) in [6.45, 7) is 4.99. The van der Waals surface area contributed by atoms with Crippen LogP contribution in [0.25, 0.3) is 0 Å². The number of hydrogen-bond acceptors (Lipinski definition) is 3. The van der Waals surface area contributed by atoms with Gasteiger partial charge in [0.05, 0.1) is 6.10 Å². The molecule has 0 aromatic rings. The number of rotatable bonds is 5. The van der Waals surface area contributed by atoms with E-state index >= 15 is 0 Å². The van der Waals surface area contributed by atoms with Crippen LogP contribution < -0.4 is 10.6 Å². The molecule has 5 heteroatoms. The van der Waals surface area contributed by atoms with E-state index in [-0.39, 0.29) is 18.4 Å². The summed E-state index contributed by atoms with van der Waals surface area (Å²) in [4.78, 5) is 21.9. The largest absolute Gasteiger partial charge is 0.391 e. The molecular weight excluding hydrogens is 184 g/mol. The van der Waals surface area contributed by atoms with E-state index in [0.29, 0.717) is 6.42 Å². The van der Waals surface area contributed by atoms with E-state index in [4.69, 9.17) is 5.11 Å². The lowest BCUT2D eigenvalue weighted by atomic mass is 10.2. The highest BCUT2D eigenvalue weighted by Gasteiger charge is 2.13. The molecule has 0 heterocycles. The molecule has 5 nitrogen and oxygen atoms in total. The first-order valence-corrected chi connectivity index (χ1v) is 4.70. The van der Waals surface area contributed by atoms with Crippen molar-refractivity contribution in [1.29, 1.82) is 0 Å². The van der Waals surface area contributed by atoms with Gasteiger partial charge >= 0.3 is 0 Å². The smallest absolute Gasteiger partial charge is 0.242 e. The van der Waals surface area contributed by atoms with Crippen molar-refractivity contribution in [2.75, 3.05) is 6.54 Å². The molecule has 0 saturated heterocycles. The van der Waals surface area contributed by atoms with Crippen LogP contribution in [0.4, 0.5) is 0 Å². The molecule has 0 radical (unpaired) electrons. The second-order valence-corrected chi connectivity index (χ2v) is 3.23. The Labute approximate surface area is 83.9 Å². The number of aliphatic hydroxyl groups excluding tert-OH is 1. The van der Waals surface area contributed by atoms with Gasteiger partial charge in [0.2, 0.25) is 11.8 Å². The lowest BCUT2D eigenvalue weighted by Gasteiger charge is -2.14. The Bertz CT molecular complexity index is 206. The summed E-state index contributed by atoms with van der Waals surface area (Å²) in [6.07, 6.45) is 0.0675. The van der Waals surface area contributed by atoms with E-state index in [0.717, 1.165) is 0 Å². The summed E-state index contributed by atoms with van der Waals surface area (Å²) in [5, 5.41) is 14.2. The number of nitrogens with one attached hydrogen (secondary N) is 2. The Kier molecular flexibility index (Phi) is 5.87. The molecule has 14 heavy (non-hydrogen) atoms. The summed E-state index contributed by atoms with van der Waals surface area (Å²) in [6, 6.07) is -0.559. The van der Waals surface area contributed by atoms with E-state index in [1.807, 2.05) is 6.92 Å². The fourth-order valence-electron chi connectivity index (χ4n) is 0.886. The van der Waals surface area contributed by atoms with E-state index in [1.165, 1.54) is 6.92 Å². The first kappa shape index (κ1) is 12.9. The fourth-order valence-corrected chi connectivity index (χ4v) is 0.886. The van der Waals surface area contributed by atoms with E-state index in [9.17, 15) is 9.59 Å². The first-order chi connectivity index (χ1) is 6.47. The summed E-state index contributed by atoms with van der Waals surface area (Å²) < 4.78 is 0. The van der Waals surface area contributed by atoms with Gasteiger partial charge in [-0.25, -0.2) is 0 Å². The van der Waals surface area contributed by atoms with Gasteiger partial charge in [-0.1, -0.05) is 6.92 Å². The second kappa shape index (κ2) is 6.37. The van der Waals surface area contributed by atoms with Crippen LogP contribution in [0.3, 0.4) is 0 Å². The van der Waals surface area contributed by atoms with Crippen molar-refractivity contribution in [3.8, 4) is 0 Å². The molecule has 0 saturated carbocycles. The maximum Gasteiger partial charge on any atom is 0.242 e. The van der Waals surface area contributed by atoms with Crippen LogP contribution in [0.15, 0.2) is 0 Å². The molecule has 0 aliphatic heterocycles. The van der Waals surface area contributed by atoms with Crippen LogP contribution >= 0.6 is 0 Å². The topological polar surface area (TPSA) is 78.4 Å². The van der Waals surface area contributed by atoms with E-state index in [2.05, 4.69) is 10.6 Å². The molecule has 0 bridgehead atoms. The third kappa shape index (κ3) is 5.53. The molecule has 0 aliphatic rings. The van der Waals surface area contributed by atoms with Gasteiger partial charge in [0, 0.05) is 13.5 Å². The molecule has 3 N–H and O–H groups in total. The van der Waals surface area contributed by atoms with Gasteiger partial charge in [0.25, 0.3) is 0 Å². The zero-order chi connectivity index (χ0) is 11.1. The van der Waals surface area contributed by atoms with Gasteiger partial charge in [-0.05, 0) is 13.3 Å². The van der Waals surface area contributed by atoms with E-state index in [1.54, 1.807) is 6.92 Å². The number of amides is 2. The van der Waals surface area contributed by atoms with Gasteiger partial charge in [-0.3, -0.25) is 9.59 Å². The van der Waals surface area contributed by atoms with Crippen LogP contribution in [-0.2, 0) is 9.59 Å². The van der Waals surface area contributed by atoms with Crippen molar-refractivity contribution in [3.63, 3.8) is 0 Å². The van der Waals surface area contributed by atoms with Crippen LogP contribution in [0.5, 0.6) is 0 Å². The Morgan fingerprint density at radius 1 is 1.43 bits per heavy atom. The Hall–Kier alpha value is -1.10. The molecule has 0 aromatic heterocycles. The summed E-state index contributed by atoms with van der Waals surface area (Å²) in [7, 11) is 0. The lowest BCUT2D eigenvalue weighted by molar-refractivity contribution is -0.127. The highest BCUT2D eigenvalue weighted by atomic mass is 16.3. The normalized spacial score (nSPS) is 14.3. The third-order valence-electron chi connectivity index (χ3n) is 1.80. The zero-order valence-corrected chi connectivity index (χ0v) is 8.83. The molecule has 2 atom stereocenters. The van der Waals surface area contributed by atoms with Crippen molar-refractivity contribution in [2.24, 2.45) is 0 Å². The van der Waals surface area contributed by atoms with Crippen molar-refractivity contribution in [2.45, 2.75) is 39.3 Å². The minimum absolute atomic E-state index is 0.221. The molecule has 2 amide bonds. The van der Waals surface area contributed by atoms with Crippen LogP contribution in [0.1, 0.15) is 27.2 Å². The molecule has 2 unspecified atom stereocenters. The SMILES string of the molecule is CCC(O)CNC(=O)C(C)NC(C)=O. The number of carbonyl (C=O) groups excluding carboxylic acids is 2. The average molecular weight is 202 g/mol. The number of carbonyl (C=O) groups is 2. The predicted octanol–water partition coefficient (Wildman–Crippen LogP) is -0.602. The van der Waals surface area contributed by atoms with Crippen LogP contribution in [0, 0.1) is 0 Å². The number of aliphatic hydroxyl groups is 1. The Morgan fingerprint density at radius 3 is 2.43 bits per heavy atom. The minimum Gasteiger partial charge on any atom is -0.391 e. The average Bonchev–Trinajstić information content (AvgIpc) is 2.12. The summed E-state index contributed by atoms with van der Waals surface area (Å²) in [5.41, 5.74) is 0. The van der Waals surface area contributed by atoms with Crippen LogP contribution in [0.2, 0.25) is 0 Å². The van der Waals surface area contributed by atoms with Gasteiger partial charge in [-0.15, -0.1) is 0 Å². The second-order valence-electron chi connectivity index (χ2n) is 3.23. The first-order valence-electron chi connectivity index (χ1n) is 4.70. The molecule has 0 spiro atoms. The van der Waals surface area contributed by atoms with Crippen molar-refractivity contribution >= 4 is 11.8 Å². The van der Waals surface area contributed by atoms with Gasteiger partial charge in [0.15, 0.2) is 0 Å². The molecule has 0 rings (SSSR count). The molecule has 0 aromatic carbocycles. The third-order valence-corrected chi connectivity index (χ3v) is 1.80. The fraction of sp³-hybridized carbons (Fsp3) is 0.778. The Morgan fingerprint density at radius 2 is 2.00 bits per heavy atom. The maximum atomic E-state index is 11.3. The van der Waals surface area contributed by atoms with Gasteiger partial charge in [0.1, 0.15) is 6.04 Å². The van der Waals surface area contributed by atoms with Gasteiger partial charge in [-0.2, -0.15) is 0 Å². The van der Waals surface area contributed by atoms with Crippen molar-refractivity contribution in [1.82, 2.24) is 10.6 Å². The summed E-state index contributed by atoms with van der Waals surface area (Å²) >= 11 is 0. The molecular formula is C9H18N2O3. The standard InChI is InChI=1S/C9H18N2O3/c1-4-8(13)5-10-9(14)6(2)11-7(3)12/h6,8,13H,4-5H2,1-3H3,(H,10,14)(H,11,12). The maximum absolute atomic E-state index is 11.3. The zero-order valence-electron chi connectivity index (χ0n) is 8.83. The van der Waals surface area contributed by atoms with E-state index < -0.39 is 12.1 Å². The predicted molar refractivity (Wildman–Crippen MR) is 52.6 cm³/mol. The van der Waals surface area contributed by atoms with Crippen molar-refractivity contribution in [3.05, 3.63) is 0 Å². The Balaban J connectivity index is 3.78. The number of hydrogen-bond donors (Lipinski definition) is 3. The quantitative estimate of drug-likeness (QED) is 0.557. The molecule has 0 fully saturated rings. The van der Waals surface area contributed by atoms with Gasteiger partial charge < -0.3 is 15.7 Å². The highest BCUT2D eigenvalue weighted by Crippen LogP contribution is 1.88. The summed E-state index contributed by atoms with van der Waals surface area (Å²) in [5.74, 6) is -0.531. The monoisotopic (exact) mass is 202 g/mol. The highest BCUT2D eigenvalue weighted by molar-refractivity contribution is 5.86. The molecule has 82 valence electrons. The lowest BCUT2D eigenvalue weighted by Crippen LogP contribution is -2.45. The molecule has 0 aliphatic carbocycles. The van der Waals surface area contributed by atoms with Crippen molar-refractivity contribution < 1.29 is 14.7 Å². The minimum atomic E-state index is -0.559. The van der Waals surface area contributed by atoms with Crippen LogP contribution in [-0.4, -0.2) is 35.6 Å².